The second-order valence-corrected chi connectivity index (χ2v) is 8.02. The van der Waals surface area contributed by atoms with Gasteiger partial charge in [-0.15, -0.1) is 0 Å². The van der Waals surface area contributed by atoms with Crippen molar-refractivity contribution in [3.8, 4) is 17.2 Å². The van der Waals surface area contributed by atoms with E-state index in [9.17, 15) is 13.2 Å². The van der Waals surface area contributed by atoms with Gasteiger partial charge in [0.1, 0.15) is 22.1 Å². The third kappa shape index (κ3) is 4.69. The van der Waals surface area contributed by atoms with Gasteiger partial charge in [-0.3, -0.25) is 4.79 Å². The minimum atomic E-state index is -3.53. The molecule has 144 valence electrons. The molecule has 0 saturated carbocycles. The van der Waals surface area contributed by atoms with Gasteiger partial charge in [-0.2, -0.15) is 0 Å². The number of hydrogen-bond donors (Lipinski definition) is 1. The molecule has 0 unspecified atom stereocenters. The number of para-hydroxylation sites is 1. The summed E-state index contributed by atoms with van der Waals surface area (Å²) in [5, 5.41) is 2.74. The molecule has 28 heavy (non-hydrogen) atoms. The van der Waals surface area contributed by atoms with Crippen LogP contribution in [0.2, 0.25) is 0 Å². The molecule has 0 aliphatic heterocycles. The maximum atomic E-state index is 12.5. The van der Waals surface area contributed by atoms with Gasteiger partial charge in [-0.05, 0) is 54.6 Å². The summed E-state index contributed by atoms with van der Waals surface area (Å²) in [4.78, 5) is 12.5. The number of rotatable bonds is 6. The van der Waals surface area contributed by atoms with Crippen LogP contribution in [-0.2, 0) is 9.84 Å². The zero-order valence-corrected chi connectivity index (χ0v) is 16.2. The van der Waals surface area contributed by atoms with Crippen molar-refractivity contribution in [2.75, 3.05) is 18.7 Å². The van der Waals surface area contributed by atoms with Crippen LogP contribution in [0.3, 0.4) is 0 Å². The molecule has 0 saturated heterocycles. The molecule has 3 aromatic carbocycles. The highest BCUT2D eigenvalue weighted by Gasteiger charge is 2.17. The predicted octanol–water partition coefficient (Wildman–Crippen LogP) is 4.14. The summed E-state index contributed by atoms with van der Waals surface area (Å²) in [6.45, 7) is 0. The van der Waals surface area contributed by atoms with E-state index in [4.69, 9.17) is 9.47 Å². The van der Waals surface area contributed by atoms with Crippen molar-refractivity contribution >= 4 is 21.4 Å². The molecule has 0 aliphatic carbocycles. The Kier molecular flexibility index (Phi) is 5.65. The Morgan fingerprint density at radius 2 is 1.54 bits per heavy atom. The van der Waals surface area contributed by atoms with Crippen molar-refractivity contribution < 1.29 is 22.7 Å². The third-order valence-corrected chi connectivity index (χ3v) is 5.03. The average Bonchev–Trinajstić information content (AvgIpc) is 2.69. The standard InChI is InChI=1S/C21H19NO5S/c1-26-19-13-8-15(14-20(19)28(2,24)25)21(23)22-16-9-11-18(12-10-16)27-17-6-4-3-5-7-17/h3-14H,1-2H3,(H,22,23). The molecule has 0 spiro atoms. The maximum absolute atomic E-state index is 12.5. The molecular formula is C21H19NO5S. The smallest absolute Gasteiger partial charge is 0.255 e. The van der Waals surface area contributed by atoms with Gasteiger partial charge >= 0.3 is 0 Å². The van der Waals surface area contributed by atoms with E-state index in [1.807, 2.05) is 30.3 Å². The van der Waals surface area contributed by atoms with Crippen molar-refractivity contribution in [1.82, 2.24) is 0 Å². The minimum absolute atomic E-state index is 0.0331. The van der Waals surface area contributed by atoms with Crippen molar-refractivity contribution in [2.45, 2.75) is 4.90 Å². The van der Waals surface area contributed by atoms with Crippen LogP contribution in [0.1, 0.15) is 10.4 Å². The zero-order valence-electron chi connectivity index (χ0n) is 15.4. The summed E-state index contributed by atoms with van der Waals surface area (Å²) in [5.74, 6) is 1.12. The second kappa shape index (κ2) is 8.14. The Labute approximate surface area is 163 Å². The van der Waals surface area contributed by atoms with Crippen LogP contribution in [0.25, 0.3) is 0 Å². The number of amides is 1. The number of hydrogen-bond acceptors (Lipinski definition) is 5. The third-order valence-electron chi connectivity index (χ3n) is 3.92. The fraction of sp³-hybridized carbons (Fsp3) is 0.0952. The molecule has 7 heteroatoms. The molecule has 0 fully saturated rings. The van der Waals surface area contributed by atoms with E-state index in [-0.39, 0.29) is 16.2 Å². The summed E-state index contributed by atoms with van der Waals surface area (Å²) in [6, 6.07) is 20.5. The van der Waals surface area contributed by atoms with Crippen LogP contribution >= 0.6 is 0 Å². The number of anilines is 1. The lowest BCUT2D eigenvalue weighted by Gasteiger charge is -2.10. The van der Waals surface area contributed by atoms with Crippen LogP contribution < -0.4 is 14.8 Å². The normalized spacial score (nSPS) is 10.9. The van der Waals surface area contributed by atoms with Gasteiger partial charge in [0.25, 0.3) is 5.91 Å². The number of ether oxygens (including phenoxy) is 2. The average molecular weight is 397 g/mol. The molecule has 1 N–H and O–H groups in total. The van der Waals surface area contributed by atoms with Crippen molar-refractivity contribution in [1.29, 1.82) is 0 Å². The van der Waals surface area contributed by atoms with Gasteiger partial charge in [0.2, 0.25) is 0 Å². The van der Waals surface area contributed by atoms with E-state index in [0.29, 0.717) is 17.2 Å². The van der Waals surface area contributed by atoms with Crippen LogP contribution in [0.4, 0.5) is 5.69 Å². The summed E-state index contributed by atoms with van der Waals surface area (Å²) >= 11 is 0. The Morgan fingerprint density at radius 3 is 2.14 bits per heavy atom. The first kappa shape index (κ1) is 19.4. The van der Waals surface area contributed by atoms with E-state index < -0.39 is 15.7 Å². The molecule has 3 aromatic rings. The maximum Gasteiger partial charge on any atom is 0.255 e. The highest BCUT2D eigenvalue weighted by Crippen LogP contribution is 2.26. The summed E-state index contributed by atoms with van der Waals surface area (Å²) in [5.41, 5.74) is 0.771. The molecule has 1 amide bonds. The first-order valence-electron chi connectivity index (χ1n) is 8.39. The lowest BCUT2D eigenvalue weighted by Crippen LogP contribution is -2.13. The molecule has 6 nitrogen and oxygen atoms in total. The SMILES string of the molecule is COc1ccc(C(=O)Nc2ccc(Oc3ccccc3)cc2)cc1S(C)(=O)=O. The number of benzene rings is 3. The Morgan fingerprint density at radius 1 is 0.893 bits per heavy atom. The van der Waals surface area contributed by atoms with E-state index >= 15 is 0 Å². The van der Waals surface area contributed by atoms with Gasteiger partial charge in [-0.25, -0.2) is 8.42 Å². The molecule has 0 bridgehead atoms. The molecule has 0 aliphatic rings. The molecular weight excluding hydrogens is 378 g/mol. The van der Waals surface area contributed by atoms with Gasteiger partial charge < -0.3 is 14.8 Å². The molecule has 0 aromatic heterocycles. The minimum Gasteiger partial charge on any atom is -0.495 e. The predicted molar refractivity (Wildman–Crippen MR) is 107 cm³/mol. The fourth-order valence-corrected chi connectivity index (χ4v) is 3.40. The van der Waals surface area contributed by atoms with Gasteiger partial charge in [0.15, 0.2) is 9.84 Å². The number of sulfone groups is 1. The lowest BCUT2D eigenvalue weighted by molar-refractivity contribution is 0.102. The summed E-state index contributed by atoms with van der Waals surface area (Å²) in [7, 11) is -2.15. The Hall–Kier alpha value is -3.32. The number of carbonyl (C=O) groups excluding carboxylic acids is 1. The summed E-state index contributed by atoms with van der Waals surface area (Å²) in [6.07, 6.45) is 1.07. The Bertz CT molecular complexity index is 1080. The van der Waals surface area contributed by atoms with Crippen LogP contribution in [-0.4, -0.2) is 27.7 Å². The van der Waals surface area contributed by atoms with Gasteiger partial charge in [-0.1, -0.05) is 18.2 Å². The molecule has 0 atom stereocenters. The van der Waals surface area contributed by atoms with E-state index in [1.54, 1.807) is 24.3 Å². The van der Waals surface area contributed by atoms with Crippen LogP contribution in [0.5, 0.6) is 17.2 Å². The van der Waals surface area contributed by atoms with Gasteiger partial charge in [0.05, 0.1) is 7.11 Å². The van der Waals surface area contributed by atoms with E-state index in [2.05, 4.69) is 5.32 Å². The fourth-order valence-electron chi connectivity index (χ4n) is 2.54. The summed E-state index contributed by atoms with van der Waals surface area (Å²) < 4.78 is 34.6. The quantitative estimate of drug-likeness (QED) is 0.676. The highest BCUT2D eigenvalue weighted by molar-refractivity contribution is 7.90. The first-order valence-corrected chi connectivity index (χ1v) is 10.3. The van der Waals surface area contributed by atoms with E-state index in [0.717, 1.165) is 6.26 Å². The molecule has 0 heterocycles. The molecule has 3 rings (SSSR count). The first-order chi connectivity index (χ1) is 13.4. The van der Waals surface area contributed by atoms with Crippen molar-refractivity contribution in [3.63, 3.8) is 0 Å². The second-order valence-electron chi connectivity index (χ2n) is 6.03. The van der Waals surface area contributed by atoms with Crippen LogP contribution in [0, 0.1) is 0 Å². The van der Waals surface area contributed by atoms with Crippen LogP contribution in [0.15, 0.2) is 77.7 Å². The number of methoxy groups -OCH3 is 1. The highest BCUT2D eigenvalue weighted by atomic mass is 32.2. The van der Waals surface area contributed by atoms with Crippen molar-refractivity contribution in [3.05, 3.63) is 78.4 Å². The number of carbonyl (C=O) groups is 1. The monoisotopic (exact) mass is 397 g/mol. The number of nitrogens with one attached hydrogen (secondary N) is 1. The lowest BCUT2D eigenvalue weighted by atomic mass is 10.2. The van der Waals surface area contributed by atoms with E-state index in [1.165, 1.54) is 25.3 Å². The zero-order chi connectivity index (χ0) is 20.1. The Balaban J connectivity index is 1.74. The molecule has 0 radical (unpaired) electrons. The largest absolute Gasteiger partial charge is 0.495 e. The van der Waals surface area contributed by atoms with Crippen molar-refractivity contribution in [2.24, 2.45) is 0 Å². The van der Waals surface area contributed by atoms with Gasteiger partial charge in [0, 0.05) is 17.5 Å². The topological polar surface area (TPSA) is 81.7 Å².